The fraction of sp³-hybridized carbons (Fsp3) is 0.318. The molecule has 1 aliphatic rings. The highest BCUT2D eigenvalue weighted by molar-refractivity contribution is 5.66. The van der Waals surface area contributed by atoms with Gasteiger partial charge >= 0.3 is 0 Å². The number of nitrogens with zero attached hydrogens (tertiary/aromatic N) is 2. The second-order valence-corrected chi connectivity index (χ2v) is 6.87. The largest absolute Gasteiger partial charge is 0.492 e. The van der Waals surface area contributed by atoms with Crippen LogP contribution in [0.25, 0.3) is 11.3 Å². The lowest BCUT2D eigenvalue weighted by Gasteiger charge is -2.10. The Labute approximate surface area is 169 Å². The number of benzene rings is 2. The van der Waals surface area contributed by atoms with Crippen LogP contribution in [0.5, 0.6) is 17.2 Å². The van der Waals surface area contributed by atoms with Crippen molar-refractivity contribution in [1.29, 1.82) is 0 Å². The number of nitrogens with one attached hydrogen (secondary N) is 1. The van der Waals surface area contributed by atoms with Gasteiger partial charge in [0.25, 0.3) is 0 Å². The normalized spacial score (nSPS) is 13.2. The lowest BCUT2D eigenvalue weighted by Crippen LogP contribution is -2.20. The van der Waals surface area contributed by atoms with E-state index in [9.17, 15) is 4.39 Å². The van der Waals surface area contributed by atoms with Gasteiger partial charge in [-0.05, 0) is 30.3 Å². The molecule has 0 spiro atoms. The molecule has 0 amide bonds. The molecule has 0 fully saturated rings. The fourth-order valence-electron chi connectivity index (χ4n) is 3.24. The zero-order valence-corrected chi connectivity index (χ0v) is 16.4. The van der Waals surface area contributed by atoms with Gasteiger partial charge in [0.15, 0.2) is 11.5 Å². The number of aryl methyl sites for hydroxylation is 1. The van der Waals surface area contributed by atoms with Crippen molar-refractivity contribution in [2.45, 2.75) is 13.0 Å². The third-order valence-electron chi connectivity index (χ3n) is 4.58. The molecule has 4 rings (SSSR count). The predicted molar refractivity (Wildman–Crippen MR) is 108 cm³/mol. The molecular formula is C22H24FN3O3. The summed E-state index contributed by atoms with van der Waals surface area (Å²) in [5.74, 6) is 1.76. The first-order chi connectivity index (χ1) is 14.2. The number of rotatable bonds is 7. The smallest absolute Gasteiger partial charge is 0.161 e. The fourth-order valence-corrected chi connectivity index (χ4v) is 3.24. The summed E-state index contributed by atoms with van der Waals surface area (Å²) in [6.07, 6.45) is 2.87. The Morgan fingerprint density at radius 2 is 2.00 bits per heavy atom. The number of halogens is 1. The number of fused-ring (bicyclic) bond motifs is 1. The van der Waals surface area contributed by atoms with Gasteiger partial charge in [0.1, 0.15) is 18.2 Å². The third kappa shape index (κ3) is 4.86. The molecule has 6 nitrogen and oxygen atoms in total. The molecule has 0 bridgehead atoms. The number of hydrogen-bond acceptors (Lipinski definition) is 5. The van der Waals surface area contributed by atoms with Crippen molar-refractivity contribution in [2.75, 3.05) is 26.4 Å². The summed E-state index contributed by atoms with van der Waals surface area (Å²) in [7, 11) is 1.91. The van der Waals surface area contributed by atoms with Crippen LogP contribution < -0.4 is 19.5 Å². The molecule has 0 saturated heterocycles. The molecule has 0 aliphatic carbocycles. The maximum Gasteiger partial charge on any atom is 0.161 e. The Kier molecular flexibility index (Phi) is 5.95. The van der Waals surface area contributed by atoms with Gasteiger partial charge in [-0.25, -0.2) is 4.39 Å². The van der Waals surface area contributed by atoms with Crippen LogP contribution in [-0.4, -0.2) is 36.1 Å². The van der Waals surface area contributed by atoms with Crippen LogP contribution in [-0.2, 0) is 13.6 Å². The average molecular weight is 397 g/mol. The van der Waals surface area contributed by atoms with Crippen molar-refractivity contribution >= 4 is 0 Å². The van der Waals surface area contributed by atoms with Gasteiger partial charge in [0.2, 0.25) is 0 Å². The highest BCUT2D eigenvalue weighted by Crippen LogP contribution is 2.34. The van der Waals surface area contributed by atoms with E-state index in [1.54, 1.807) is 16.8 Å². The minimum Gasteiger partial charge on any atom is -0.492 e. The Morgan fingerprint density at radius 3 is 2.86 bits per heavy atom. The second-order valence-electron chi connectivity index (χ2n) is 6.87. The Morgan fingerprint density at radius 1 is 1.14 bits per heavy atom. The monoisotopic (exact) mass is 397 g/mol. The van der Waals surface area contributed by atoms with E-state index < -0.39 is 0 Å². The molecule has 2 heterocycles. The molecule has 1 aromatic heterocycles. The standard InChI is InChI=1S/C22H24FN3O3/c1-26-15-17(14-24-8-11-27-19-5-2-4-18(23)13-19)22(25-26)16-6-7-20-21(12-16)29-10-3-9-28-20/h2,4-7,12-13,15,24H,3,8-11,14H2,1H3. The van der Waals surface area contributed by atoms with E-state index in [0.29, 0.717) is 38.7 Å². The first-order valence-corrected chi connectivity index (χ1v) is 9.71. The van der Waals surface area contributed by atoms with E-state index >= 15 is 0 Å². The third-order valence-corrected chi connectivity index (χ3v) is 4.58. The van der Waals surface area contributed by atoms with E-state index in [0.717, 1.165) is 34.7 Å². The highest BCUT2D eigenvalue weighted by atomic mass is 19.1. The van der Waals surface area contributed by atoms with E-state index in [2.05, 4.69) is 10.4 Å². The van der Waals surface area contributed by atoms with E-state index in [1.165, 1.54) is 12.1 Å². The summed E-state index contributed by atoms with van der Waals surface area (Å²) in [6.45, 7) is 3.04. The minimum absolute atomic E-state index is 0.300. The highest BCUT2D eigenvalue weighted by Gasteiger charge is 2.15. The quantitative estimate of drug-likeness (QED) is 0.618. The topological polar surface area (TPSA) is 57.5 Å². The summed E-state index contributed by atoms with van der Waals surface area (Å²) >= 11 is 0. The number of aromatic nitrogens is 2. The van der Waals surface area contributed by atoms with Crippen molar-refractivity contribution in [3.8, 4) is 28.5 Å². The van der Waals surface area contributed by atoms with Crippen molar-refractivity contribution in [3.05, 3.63) is 60.0 Å². The molecule has 152 valence electrons. The lowest BCUT2D eigenvalue weighted by molar-refractivity contribution is 0.297. The van der Waals surface area contributed by atoms with E-state index in [4.69, 9.17) is 14.2 Å². The zero-order chi connectivity index (χ0) is 20.1. The van der Waals surface area contributed by atoms with Crippen LogP contribution in [0.4, 0.5) is 4.39 Å². The zero-order valence-electron chi connectivity index (χ0n) is 16.4. The van der Waals surface area contributed by atoms with Crippen molar-refractivity contribution < 1.29 is 18.6 Å². The summed E-state index contributed by atoms with van der Waals surface area (Å²) in [4.78, 5) is 0. The number of hydrogen-bond donors (Lipinski definition) is 1. The summed E-state index contributed by atoms with van der Waals surface area (Å²) < 4.78 is 32.1. The van der Waals surface area contributed by atoms with Gasteiger partial charge in [-0.1, -0.05) is 6.07 Å². The van der Waals surface area contributed by atoms with Crippen LogP contribution in [0.3, 0.4) is 0 Å². The van der Waals surface area contributed by atoms with Gasteiger partial charge in [0, 0.05) is 49.9 Å². The number of ether oxygens (including phenoxy) is 3. The van der Waals surface area contributed by atoms with Crippen molar-refractivity contribution in [3.63, 3.8) is 0 Å². The Hall–Kier alpha value is -3.06. The summed E-state index contributed by atoms with van der Waals surface area (Å²) in [5, 5.41) is 7.97. The maximum absolute atomic E-state index is 13.2. The molecule has 0 atom stereocenters. The lowest BCUT2D eigenvalue weighted by atomic mass is 10.1. The van der Waals surface area contributed by atoms with Gasteiger partial charge in [-0.15, -0.1) is 0 Å². The second kappa shape index (κ2) is 8.96. The molecule has 7 heteroatoms. The summed E-state index contributed by atoms with van der Waals surface area (Å²) in [6, 6.07) is 12.1. The summed E-state index contributed by atoms with van der Waals surface area (Å²) in [5.41, 5.74) is 2.97. The predicted octanol–water partition coefficient (Wildman–Crippen LogP) is 3.56. The van der Waals surface area contributed by atoms with Crippen LogP contribution in [0.15, 0.2) is 48.7 Å². The van der Waals surface area contributed by atoms with Gasteiger partial charge in [0.05, 0.1) is 18.9 Å². The van der Waals surface area contributed by atoms with Gasteiger partial charge in [-0.2, -0.15) is 5.10 Å². The molecule has 1 N–H and O–H groups in total. The Balaban J connectivity index is 1.38. The van der Waals surface area contributed by atoms with Gasteiger partial charge < -0.3 is 19.5 Å². The minimum atomic E-state index is -0.300. The molecule has 0 saturated carbocycles. The van der Waals surface area contributed by atoms with Crippen molar-refractivity contribution in [2.24, 2.45) is 7.05 Å². The van der Waals surface area contributed by atoms with Crippen LogP contribution in [0, 0.1) is 5.82 Å². The molecule has 0 unspecified atom stereocenters. The van der Waals surface area contributed by atoms with Gasteiger partial charge in [-0.3, -0.25) is 4.68 Å². The van der Waals surface area contributed by atoms with Crippen molar-refractivity contribution in [1.82, 2.24) is 15.1 Å². The molecule has 1 aliphatic heterocycles. The maximum atomic E-state index is 13.2. The molecule has 3 aromatic rings. The van der Waals surface area contributed by atoms with Crippen LogP contribution in [0.1, 0.15) is 12.0 Å². The Bertz CT molecular complexity index is 974. The van der Waals surface area contributed by atoms with Crippen LogP contribution in [0.2, 0.25) is 0 Å². The average Bonchev–Trinajstić information content (AvgIpc) is 2.93. The molecule has 2 aromatic carbocycles. The first kappa shape index (κ1) is 19.3. The first-order valence-electron chi connectivity index (χ1n) is 9.71. The van der Waals surface area contributed by atoms with E-state index in [-0.39, 0.29) is 5.82 Å². The van der Waals surface area contributed by atoms with E-state index in [1.807, 2.05) is 31.4 Å². The molecular weight excluding hydrogens is 373 g/mol. The SMILES string of the molecule is Cn1cc(CNCCOc2cccc(F)c2)c(-c2ccc3c(c2)OCCCO3)n1. The van der Waals surface area contributed by atoms with Crippen LogP contribution >= 0.6 is 0 Å². The molecule has 0 radical (unpaired) electrons. The molecule has 29 heavy (non-hydrogen) atoms.